The summed E-state index contributed by atoms with van der Waals surface area (Å²) in [4.78, 5) is 56.3. The smallest absolute Gasteiger partial charge is 0.186 e. The highest BCUT2D eigenvalue weighted by molar-refractivity contribution is 8.14. The zero-order chi connectivity index (χ0) is 43.3. The van der Waals surface area contributed by atoms with Crippen LogP contribution in [0.2, 0.25) is 0 Å². The summed E-state index contributed by atoms with van der Waals surface area (Å²) in [5.74, 6) is 2.73. The molecule has 0 spiro atoms. The van der Waals surface area contributed by atoms with Gasteiger partial charge in [-0.1, -0.05) is 131 Å². The van der Waals surface area contributed by atoms with Crippen molar-refractivity contribution in [1.29, 1.82) is 0 Å². The number of rotatable bonds is 29. The molecule has 5 nitrogen and oxygen atoms in total. The van der Waals surface area contributed by atoms with Gasteiger partial charge in [0.2, 0.25) is 0 Å². The average molecular weight is 873 g/mol. The first-order valence-electron chi connectivity index (χ1n) is 20.8. The average Bonchev–Trinajstić information content (AvgIpc) is 3.10. The Hall–Kier alpha value is -0.940. The van der Waals surface area contributed by atoms with Crippen molar-refractivity contribution in [2.24, 2.45) is 23.7 Å². The maximum absolute atomic E-state index is 12.1. The van der Waals surface area contributed by atoms with E-state index in [1.54, 1.807) is 27.7 Å². The van der Waals surface area contributed by atoms with Crippen LogP contribution in [-0.2, 0) is 24.0 Å². The summed E-state index contributed by atoms with van der Waals surface area (Å²) < 4.78 is 0. The molecule has 10 heteroatoms. The van der Waals surface area contributed by atoms with Crippen LogP contribution < -0.4 is 0 Å². The van der Waals surface area contributed by atoms with Gasteiger partial charge in [0, 0.05) is 56.1 Å². The quantitative estimate of drug-likeness (QED) is 0.0449. The van der Waals surface area contributed by atoms with Crippen LogP contribution in [0.25, 0.3) is 0 Å². The minimum absolute atomic E-state index is 0.139. The highest BCUT2D eigenvalue weighted by Crippen LogP contribution is 2.34. The molecule has 7 unspecified atom stereocenters. The molecule has 0 aliphatic rings. The van der Waals surface area contributed by atoms with Gasteiger partial charge in [0.15, 0.2) is 25.6 Å². The summed E-state index contributed by atoms with van der Waals surface area (Å²) in [7, 11) is 0. The van der Waals surface area contributed by atoms with Gasteiger partial charge >= 0.3 is 0 Å². The van der Waals surface area contributed by atoms with Crippen molar-refractivity contribution in [2.45, 2.75) is 181 Å². The van der Waals surface area contributed by atoms with E-state index in [9.17, 15) is 24.0 Å². The fourth-order valence-electron chi connectivity index (χ4n) is 6.02. The molecule has 7 atom stereocenters. The maximum Gasteiger partial charge on any atom is 0.186 e. The first-order valence-corrected chi connectivity index (χ1v) is 24.9. The molecule has 0 aromatic heterocycles. The lowest BCUT2D eigenvalue weighted by Crippen LogP contribution is -2.19. The fourth-order valence-corrected chi connectivity index (χ4v) is 9.64. The SMILES string of the molecule is C=CC(C)CC/C=C/CC.C=CC(CCC(CCCCC(CC/C=C/CC)SC(C)=O)SC(C)=O)CC(CCSC(C)=O)CC(C)C(C)SC(C)=O.CC(=O)S. The van der Waals surface area contributed by atoms with E-state index in [1.165, 1.54) is 66.8 Å². The topological polar surface area (TPSA) is 85.3 Å². The van der Waals surface area contributed by atoms with E-state index in [2.05, 4.69) is 90.8 Å². The minimum Gasteiger partial charge on any atom is -0.288 e. The highest BCUT2D eigenvalue weighted by Gasteiger charge is 2.23. The molecule has 0 aliphatic carbocycles. The molecule has 0 aliphatic heterocycles. The van der Waals surface area contributed by atoms with Crippen molar-refractivity contribution in [3.05, 3.63) is 49.6 Å². The second-order valence-electron chi connectivity index (χ2n) is 14.7. The van der Waals surface area contributed by atoms with Gasteiger partial charge in [0.25, 0.3) is 0 Å². The number of hydrogen-bond acceptors (Lipinski definition) is 9. The Labute approximate surface area is 367 Å². The van der Waals surface area contributed by atoms with Crippen molar-refractivity contribution >= 4 is 85.3 Å². The highest BCUT2D eigenvalue weighted by atomic mass is 32.2. The molecule has 0 saturated heterocycles. The Morgan fingerprint density at radius 3 is 1.50 bits per heavy atom. The molecule has 324 valence electrons. The molecule has 0 aromatic carbocycles. The lowest BCUT2D eigenvalue weighted by molar-refractivity contribution is -0.110. The van der Waals surface area contributed by atoms with Crippen LogP contribution in [0.5, 0.6) is 0 Å². The predicted octanol–water partition coefficient (Wildman–Crippen LogP) is 14.6. The molecule has 0 fully saturated rings. The van der Waals surface area contributed by atoms with E-state index in [-0.39, 0.29) is 30.8 Å². The van der Waals surface area contributed by atoms with Crippen LogP contribution in [0.15, 0.2) is 49.6 Å². The van der Waals surface area contributed by atoms with E-state index >= 15 is 0 Å². The second-order valence-corrected chi connectivity index (χ2v) is 21.1. The van der Waals surface area contributed by atoms with Crippen LogP contribution in [0.4, 0.5) is 0 Å². The first kappa shape index (κ1) is 59.4. The standard InChI is InChI=1S/C34H58O4S4.C10H18.C2H4OS/c1-9-11-12-13-16-33(41-29(7)37)17-14-15-18-34(42-30(8)38)20-19-31(10-2)24-32(21-22-39-27(5)35)23-25(3)26(4)40-28(6)36;1-4-6-7-8-9-10(3)5-2;1-2(3)4/h10-12,25-26,31-34H,2,9,13-24H2,1,3-8H3;5-7,10H,2,4,8-9H2,1,3H3;1H3,(H,3,4)/b12-11+;7-6+;. The maximum atomic E-state index is 12.1. The summed E-state index contributed by atoms with van der Waals surface area (Å²) in [6.07, 6.45) is 28.9. The molecule has 0 aromatic rings. The largest absolute Gasteiger partial charge is 0.288 e. The van der Waals surface area contributed by atoms with Gasteiger partial charge < -0.3 is 0 Å². The molecule has 56 heavy (non-hydrogen) atoms. The Kier molecular flexibility index (Phi) is 43.3. The lowest BCUT2D eigenvalue weighted by Gasteiger charge is -2.27. The van der Waals surface area contributed by atoms with Crippen LogP contribution in [-0.4, -0.2) is 47.1 Å². The molecular weight excluding hydrogens is 793 g/mol. The zero-order valence-corrected chi connectivity index (χ0v) is 41.0. The third kappa shape index (κ3) is 44.2. The van der Waals surface area contributed by atoms with Gasteiger partial charge in [-0.15, -0.1) is 25.8 Å². The van der Waals surface area contributed by atoms with E-state index in [0.29, 0.717) is 34.2 Å². The van der Waals surface area contributed by atoms with E-state index in [4.69, 9.17) is 0 Å². The van der Waals surface area contributed by atoms with Crippen molar-refractivity contribution in [2.75, 3.05) is 5.75 Å². The van der Waals surface area contributed by atoms with Crippen LogP contribution in [0.3, 0.4) is 0 Å². The summed E-state index contributed by atoms with van der Waals surface area (Å²) in [5.41, 5.74) is 0. The molecule has 0 saturated carbocycles. The minimum atomic E-state index is -0.139. The Morgan fingerprint density at radius 2 is 1.07 bits per heavy atom. The third-order valence-corrected chi connectivity index (χ3v) is 13.4. The summed E-state index contributed by atoms with van der Waals surface area (Å²) in [6, 6.07) is 0. The monoisotopic (exact) mass is 872 g/mol. The normalized spacial score (nSPS) is 14.9. The van der Waals surface area contributed by atoms with Crippen LogP contribution in [0.1, 0.15) is 166 Å². The molecular formula is C46H80O5S5. The van der Waals surface area contributed by atoms with E-state index in [0.717, 1.165) is 89.2 Å². The van der Waals surface area contributed by atoms with Crippen LogP contribution in [0, 0.1) is 23.7 Å². The van der Waals surface area contributed by atoms with Crippen LogP contribution >= 0.6 is 59.7 Å². The molecule has 0 rings (SSSR count). The Morgan fingerprint density at radius 1 is 0.589 bits per heavy atom. The molecule has 0 N–H and O–H groups in total. The van der Waals surface area contributed by atoms with E-state index in [1.807, 2.05) is 6.08 Å². The Bertz CT molecular complexity index is 1130. The number of unbranched alkanes of at least 4 members (excludes halogenated alkanes) is 1. The number of carbonyl (C=O) groups excluding carboxylic acids is 5. The summed E-state index contributed by atoms with van der Waals surface area (Å²) >= 11 is 9.11. The van der Waals surface area contributed by atoms with Gasteiger partial charge in [0.1, 0.15) is 0 Å². The molecule has 0 radical (unpaired) electrons. The van der Waals surface area contributed by atoms with Crippen molar-refractivity contribution in [3.8, 4) is 0 Å². The zero-order valence-electron chi connectivity index (χ0n) is 36.9. The van der Waals surface area contributed by atoms with Crippen molar-refractivity contribution in [3.63, 3.8) is 0 Å². The third-order valence-electron chi connectivity index (χ3n) is 9.14. The first-order chi connectivity index (χ1) is 26.4. The van der Waals surface area contributed by atoms with Gasteiger partial charge in [-0.2, -0.15) is 0 Å². The summed E-state index contributed by atoms with van der Waals surface area (Å²) in [6.45, 7) is 26.7. The number of thiol groups is 1. The van der Waals surface area contributed by atoms with Gasteiger partial charge in [-0.25, -0.2) is 0 Å². The number of allylic oxidation sites excluding steroid dienone is 6. The van der Waals surface area contributed by atoms with Gasteiger partial charge in [0.05, 0.1) is 0 Å². The fraction of sp³-hybridized carbons (Fsp3) is 0.717. The number of hydrogen-bond donors (Lipinski definition) is 1. The van der Waals surface area contributed by atoms with Gasteiger partial charge in [-0.3, -0.25) is 24.0 Å². The summed E-state index contributed by atoms with van der Waals surface area (Å²) in [5, 5.41) is 1.48. The van der Waals surface area contributed by atoms with Crippen molar-refractivity contribution < 1.29 is 24.0 Å². The molecule has 0 bridgehead atoms. The second kappa shape index (κ2) is 40.8. The predicted molar refractivity (Wildman–Crippen MR) is 259 cm³/mol. The molecule has 0 amide bonds. The number of carbonyl (C=O) groups is 5. The Balaban J connectivity index is -0.00000169. The van der Waals surface area contributed by atoms with Crippen molar-refractivity contribution in [1.82, 2.24) is 0 Å². The number of thioether (sulfide) groups is 4. The lowest BCUT2D eigenvalue weighted by atomic mass is 9.83. The van der Waals surface area contributed by atoms with E-state index < -0.39 is 0 Å². The molecule has 0 heterocycles. The van der Waals surface area contributed by atoms with Gasteiger partial charge in [-0.05, 0) is 107 Å².